The highest BCUT2D eigenvalue weighted by Crippen LogP contribution is 2.27. The number of nitrogens with one attached hydrogen (secondary N) is 1. The Morgan fingerprint density at radius 1 is 1.33 bits per heavy atom. The largest absolute Gasteiger partial charge is 0.349 e. The number of hydrogen-bond acceptors (Lipinski definition) is 6. The molecule has 2 heterocycles. The number of carbonyl (C=O) groups is 1. The van der Waals surface area contributed by atoms with Crippen LogP contribution in [0.3, 0.4) is 0 Å². The minimum Gasteiger partial charge on any atom is -0.349 e. The highest BCUT2D eigenvalue weighted by Gasteiger charge is 2.21. The average molecular weight is 442 g/mol. The number of nitrogens with zero attached hydrogens (tertiary/aromatic N) is 4. The molecule has 1 N–H and O–H groups in total. The molecule has 6 nitrogen and oxygen atoms in total. The first-order valence-electron chi connectivity index (χ1n) is 8.14. The van der Waals surface area contributed by atoms with Crippen LogP contribution >= 0.6 is 46.3 Å². The third kappa shape index (κ3) is 5.22. The van der Waals surface area contributed by atoms with E-state index in [0.717, 1.165) is 10.4 Å². The highest BCUT2D eigenvalue weighted by molar-refractivity contribution is 8.00. The fraction of sp³-hybridized carbons (Fsp3) is 0.294. The standard InChI is InChI=1S/C17H17Cl2N5OS2/c1-10(14-6-5-12(18)8-15(14)19)20-16(25)11(2)27-17-21-22-23-24(17)9-13-4-3-7-26-13/h3-8,10-11H,9H2,1-2H3,(H,20,25)/t10-,11+/m1/s1. The molecule has 1 amide bonds. The Balaban J connectivity index is 1.62. The molecule has 1 aromatic carbocycles. The number of aromatic nitrogens is 4. The van der Waals surface area contributed by atoms with Crippen molar-refractivity contribution in [1.29, 1.82) is 0 Å². The Labute approximate surface area is 175 Å². The number of carbonyl (C=O) groups excluding carboxylic acids is 1. The van der Waals surface area contributed by atoms with E-state index in [1.807, 2.05) is 37.4 Å². The summed E-state index contributed by atoms with van der Waals surface area (Å²) in [6.45, 7) is 4.28. The van der Waals surface area contributed by atoms with Gasteiger partial charge in [-0.05, 0) is 53.4 Å². The minimum atomic E-state index is -0.369. The Morgan fingerprint density at radius 2 is 2.15 bits per heavy atom. The molecule has 2 aromatic heterocycles. The van der Waals surface area contributed by atoms with Gasteiger partial charge in [0, 0.05) is 14.9 Å². The molecule has 0 fully saturated rings. The molecular weight excluding hydrogens is 425 g/mol. The van der Waals surface area contributed by atoms with Crippen LogP contribution in [0, 0.1) is 0 Å². The minimum absolute atomic E-state index is 0.121. The van der Waals surface area contributed by atoms with Crippen LogP contribution in [0.4, 0.5) is 0 Å². The highest BCUT2D eigenvalue weighted by atomic mass is 35.5. The van der Waals surface area contributed by atoms with Crippen molar-refractivity contribution in [2.75, 3.05) is 0 Å². The van der Waals surface area contributed by atoms with Crippen LogP contribution in [0.2, 0.25) is 10.0 Å². The lowest BCUT2D eigenvalue weighted by atomic mass is 10.1. The molecule has 10 heteroatoms. The van der Waals surface area contributed by atoms with Crippen LogP contribution in [0.5, 0.6) is 0 Å². The quantitative estimate of drug-likeness (QED) is 0.548. The van der Waals surface area contributed by atoms with Crippen molar-refractivity contribution >= 4 is 52.2 Å². The van der Waals surface area contributed by atoms with Gasteiger partial charge in [-0.25, -0.2) is 4.68 Å². The zero-order chi connectivity index (χ0) is 19.4. The number of benzene rings is 1. The number of rotatable bonds is 7. The lowest BCUT2D eigenvalue weighted by molar-refractivity contribution is -0.120. The van der Waals surface area contributed by atoms with Crippen molar-refractivity contribution < 1.29 is 4.79 Å². The number of thiophene rings is 1. The zero-order valence-electron chi connectivity index (χ0n) is 14.6. The third-order valence-electron chi connectivity index (χ3n) is 3.82. The fourth-order valence-corrected chi connectivity index (χ4v) is 4.46. The van der Waals surface area contributed by atoms with E-state index in [2.05, 4.69) is 20.8 Å². The summed E-state index contributed by atoms with van der Waals surface area (Å²) in [4.78, 5) is 13.7. The molecule has 2 atom stereocenters. The second-order valence-corrected chi connectivity index (χ2v) is 9.04. The monoisotopic (exact) mass is 441 g/mol. The van der Waals surface area contributed by atoms with Crippen molar-refractivity contribution in [2.45, 2.75) is 36.8 Å². The molecule has 3 rings (SSSR count). The van der Waals surface area contributed by atoms with Gasteiger partial charge in [-0.3, -0.25) is 4.79 Å². The number of amides is 1. The summed E-state index contributed by atoms with van der Waals surface area (Å²) >= 11 is 15.1. The predicted molar refractivity (Wildman–Crippen MR) is 110 cm³/mol. The maximum atomic E-state index is 12.6. The number of tetrazole rings is 1. The number of thioether (sulfide) groups is 1. The number of halogens is 2. The van der Waals surface area contributed by atoms with Crippen molar-refractivity contribution in [2.24, 2.45) is 0 Å². The van der Waals surface area contributed by atoms with E-state index in [1.165, 1.54) is 11.8 Å². The van der Waals surface area contributed by atoms with Crippen LogP contribution < -0.4 is 5.32 Å². The number of hydrogen-bond donors (Lipinski definition) is 1. The van der Waals surface area contributed by atoms with Gasteiger partial charge >= 0.3 is 0 Å². The Morgan fingerprint density at radius 3 is 2.85 bits per heavy atom. The first-order chi connectivity index (χ1) is 12.9. The molecule has 27 heavy (non-hydrogen) atoms. The van der Waals surface area contributed by atoms with Crippen molar-refractivity contribution in [1.82, 2.24) is 25.5 Å². The molecule has 0 radical (unpaired) electrons. The lowest BCUT2D eigenvalue weighted by Crippen LogP contribution is -2.33. The second-order valence-electron chi connectivity index (χ2n) is 5.85. The second kappa shape index (κ2) is 9.05. The molecule has 0 spiro atoms. The first kappa shape index (κ1) is 20.1. The summed E-state index contributed by atoms with van der Waals surface area (Å²) in [5, 5.41) is 18.1. The summed E-state index contributed by atoms with van der Waals surface area (Å²) in [5.41, 5.74) is 0.814. The molecule has 0 unspecified atom stereocenters. The molecule has 0 saturated heterocycles. The Hall–Kier alpha value is -1.61. The van der Waals surface area contributed by atoms with Gasteiger partial charge in [0.1, 0.15) is 0 Å². The van der Waals surface area contributed by atoms with E-state index in [4.69, 9.17) is 23.2 Å². The van der Waals surface area contributed by atoms with E-state index >= 15 is 0 Å². The van der Waals surface area contributed by atoms with Crippen molar-refractivity contribution in [3.63, 3.8) is 0 Å². The van der Waals surface area contributed by atoms with E-state index in [-0.39, 0.29) is 17.2 Å². The summed E-state index contributed by atoms with van der Waals surface area (Å²) in [6.07, 6.45) is 0. The maximum absolute atomic E-state index is 12.6. The first-order valence-corrected chi connectivity index (χ1v) is 10.7. The van der Waals surface area contributed by atoms with E-state index in [0.29, 0.717) is 21.7 Å². The van der Waals surface area contributed by atoms with Crippen LogP contribution in [0.1, 0.15) is 30.3 Å². The van der Waals surface area contributed by atoms with Gasteiger partial charge in [0.05, 0.1) is 17.8 Å². The van der Waals surface area contributed by atoms with Crippen molar-refractivity contribution in [3.8, 4) is 0 Å². The summed E-state index contributed by atoms with van der Waals surface area (Å²) in [5.74, 6) is -0.121. The molecule has 3 aromatic rings. The van der Waals surface area contributed by atoms with Crippen LogP contribution in [0.25, 0.3) is 0 Å². The molecule has 142 valence electrons. The smallest absolute Gasteiger partial charge is 0.233 e. The topological polar surface area (TPSA) is 72.7 Å². The zero-order valence-corrected chi connectivity index (χ0v) is 17.7. The van der Waals surface area contributed by atoms with Gasteiger partial charge in [0.2, 0.25) is 11.1 Å². The third-order valence-corrected chi connectivity index (χ3v) is 6.32. The molecule has 0 saturated carbocycles. The maximum Gasteiger partial charge on any atom is 0.233 e. The van der Waals surface area contributed by atoms with Gasteiger partial charge in [-0.2, -0.15) is 0 Å². The van der Waals surface area contributed by atoms with Gasteiger partial charge in [0.15, 0.2) is 0 Å². The SMILES string of the molecule is C[C@H](Sc1nnnn1Cc1cccs1)C(=O)N[C@H](C)c1ccc(Cl)cc1Cl. The summed E-state index contributed by atoms with van der Waals surface area (Å²) < 4.78 is 1.69. The molecule has 0 bridgehead atoms. The van der Waals surface area contributed by atoms with E-state index in [9.17, 15) is 4.79 Å². The summed E-state index contributed by atoms with van der Waals surface area (Å²) in [7, 11) is 0. The van der Waals surface area contributed by atoms with Gasteiger partial charge in [-0.15, -0.1) is 16.4 Å². The Bertz CT molecular complexity index is 916. The molecule has 0 aliphatic rings. The predicted octanol–water partition coefficient (Wildman–Crippen LogP) is 4.45. The average Bonchev–Trinajstić information content (AvgIpc) is 3.27. The van der Waals surface area contributed by atoms with Gasteiger partial charge < -0.3 is 5.32 Å². The molecule has 0 aliphatic heterocycles. The van der Waals surface area contributed by atoms with E-state index in [1.54, 1.807) is 28.2 Å². The summed E-state index contributed by atoms with van der Waals surface area (Å²) in [6, 6.07) is 8.99. The van der Waals surface area contributed by atoms with E-state index < -0.39 is 0 Å². The van der Waals surface area contributed by atoms with Crippen molar-refractivity contribution in [3.05, 3.63) is 56.2 Å². The molecular formula is C17H17Cl2N5OS2. The van der Waals surface area contributed by atoms with Gasteiger partial charge in [-0.1, -0.05) is 47.1 Å². The normalized spacial score (nSPS) is 13.3. The van der Waals surface area contributed by atoms with Crippen LogP contribution in [-0.2, 0) is 11.3 Å². The van der Waals surface area contributed by atoms with Crippen LogP contribution in [0.15, 0.2) is 40.9 Å². The fourth-order valence-electron chi connectivity index (χ4n) is 2.40. The van der Waals surface area contributed by atoms with Gasteiger partial charge in [0.25, 0.3) is 0 Å². The molecule has 0 aliphatic carbocycles. The Kier molecular flexibility index (Phi) is 6.75. The van der Waals surface area contributed by atoms with Crippen LogP contribution in [-0.4, -0.2) is 31.4 Å². The lowest BCUT2D eigenvalue weighted by Gasteiger charge is -2.18.